The fourth-order valence-corrected chi connectivity index (χ4v) is 4.21. The van der Waals surface area contributed by atoms with Crippen molar-refractivity contribution in [1.82, 2.24) is 15.1 Å². The highest BCUT2D eigenvalue weighted by Gasteiger charge is 2.28. The van der Waals surface area contributed by atoms with E-state index < -0.39 is 0 Å². The molecule has 0 spiro atoms. The number of hydrogen-bond acceptors (Lipinski definition) is 4. The van der Waals surface area contributed by atoms with Crippen molar-refractivity contribution in [3.63, 3.8) is 0 Å². The van der Waals surface area contributed by atoms with E-state index >= 15 is 0 Å². The van der Waals surface area contributed by atoms with Gasteiger partial charge < -0.3 is 10.1 Å². The predicted molar refractivity (Wildman–Crippen MR) is 110 cm³/mol. The van der Waals surface area contributed by atoms with Crippen LogP contribution in [-0.4, -0.2) is 48.0 Å². The quantitative estimate of drug-likeness (QED) is 0.843. The molecule has 0 bridgehead atoms. The Kier molecular flexibility index (Phi) is 6.11. The van der Waals surface area contributed by atoms with Gasteiger partial charge >= 0.3 is 0 Å². The molecule has 5 nitrogen and oxygen atoms in total. The van der Waals surface area contributed by atoms with Crippen LogP contribution in [0.2, 0.25) is 0 Å². The van der Waals surface area contributed by atoms with Gasteiger partial charge in [0.25, 0.3) is 0 Å². The maximum atomic E-state index is 13.2. The molecule has 1 unspecified atom stereocenters. The highest BCUT2D eigenvalue weighted by molar-refractivity contribution is 5.82. The largest absolute Gasteiger partial charge is 0.492 e. The zero-order valence-electron chi connectivity index (χ0n) is 16.9. The Morgan fingerprint density at radius 3 is 2.69 bits per heavy atom. The van der Waals surface area contributed by atoms with Gasteiger partial charge in [0.05, 0.1) is 6.04 Å². The lowest BCUT2D eigenvalue weighted by atomic mass is 10.1. The monoisotopic (exact) mass is 397 g/mol. The number of fused-ring (bicyclic) bond motifs is 1. The second kappa shape index (κ2) is 8.93. The van der Waals surface area contributed by atoms with Gasteiger partial charge in [0.15, 0.2) is 0 Å². The molecule has 1 N–H and O–H groups in total. The summed E-state index contributed by atoms with van der Waals surface area (Å²) in [5.41, 5.74) is 3.46. The molecule has 2 aliphatic heterocycles. The van der Waals surface area contributed by atoms with Crippen molar-refractivity contribution in [3.8, 4) is 5.75 Å². The molecule has 1 fully saturated rings. The number of halogens is 1. The van der Waals surface area contributed by atoms with Crippen molar-refractivity contribution in [3.05, 3.63) is 65.0 Å². The third-order valence-corrected chi connectivity index (χ3v) is 5.72. The average molecular weight is 397 g/mol. The maximum absolute atomic E-state index is 13.2. The molecule has 4 rings (SSSR count). The minimum atomic E-state index is -0.209. The molecule has 2 aliphatic rings. The summed E-state index contributed by atoms with van der Waals surface area (Å²) in [6.45, 7) is 7.40. The van der Waals surface area contributed by atoms with Crippen LogP contribution in [0.1, 0.15) is 30.0 Å². The number of nitrogens with zero attached hydrogens (tertiary/aromatic N) is 2. The van der Waals surface area contributed by atoms with E-state index in [1.54, 1.807) is 0 Å². The van der Waals surface area contributed by atoms with Gasteiger partial charge in [-0.05, 0) is 41.8 Å². The van der Waals surface area contributed by atoms with E-state index in [0.29, 0.717) is 13.2 Å². The second-order valence-electron chi connectivity index (χ2n) is 7.81. The minimum Gasteiger partial charge on any atom is -0.492 e. The van der Waals surface area contributed by atoms with Gasteiger partial charge in [-0.1, -0.05) is 25.1 Å². The van der Waals surface area contributed by atoms with Crippen LogP contribution in [0.25, 0.3) is 0 Å². The summed E-state index contributed by atoms with van der Waals surface area (Å²) < 4.78 is 19.1. The smallest absolute Gasteiger partial charge is 0.237 e. The third-order valence-electron chi connectivity index (χ3n) is 5.72. The van der Waals surface area contributed by atoms with Gasteiger partial charge in [0, 0.05) is 44.8 Å². The van der Waals surface area contributed by atoms with Crippen LogP contribution in [0.15, 0.2) is 42.5 Å². The first-order chi connectivity index (χ1) is 14.1. The van der Waals surface area contributed by atoms with E-state index in [4.69, 9.17) is 4.74 Å². The van der Waals surface area contributed by atoms with E-state index in [2.05, 4.69) is 40.2 Å². The number of piperazine rings is 1. The highest BCUT2D eigenvalue weighted by atomic mass is 19.1. The van der Waals surface area contributed by atoms with Crippen LogP contribution in [0.5, 0.6) is 5.75 Å². The molecular formula is C23H28FN3O2. The van der Waals surface area contributed by atoms with E-state index in [-0.39, 0.29) is 17.8 Å². The molecule has 29 heavy (non-hydrogen) atoms. The lowest BCUT2D eigenvalue weighted by Crippen LogP contribution is -2.54. The number of carbonyl (C=O) groups excluding carboxylic acids is 1. The van der Waals surface area contributed by atoms with Gasteiger partial charge in [-0.2, -0.15) is 0 Å². The molecule has 0 saturated carbocycles. The Labute approximate surface area is 171 Å². The van der Waals surface area contributed by atoms with Crippen LogP contribution in [0, 0.1) is 5.82 Å². The first-order valence-electron chi connectivity index (χ1n) is 10.4. The van der Waals surface area contributed by atoms with Crippen molar-refractivity contribution >= 4 is 5.91 Å². The van der Waals surface area contributed by atoms with Crippen molar-refractivity contribution in [2.75, 3.05) is 26.2 Å². The predicted octanol–water partition coefficient (Wildman–Crippen LogP) is 2.93. The summed E-state index contributed by atoms with van der Waals surface area (Å²) in [4.78, 5) is 16.7. The fourth-order valence-electron chi connectivity index (χ4n) is 4.21. The van der Waals surface area contributed by atoms with Crippen molar-refractivity contribution in [2.24, 2.45) is 0 Å². The number of nitrogens with one attached hydrogen (secondary N) is 1. The number of ether oxygens (including phenoxy) is 1. The summed E-state index contributed by atoms with van der Waals surface area (Å²) in [6.07, 6.45) is 0.811. The number of hydrogen-bond donors (Lipinski definition) is 1. The normalized spacial score (nSPS) is 20.5. The molecule has 6 heteroatoms. The van der Waals surface area contributed by atoms with Gasteiger partial charge in [0.2, 0.25) is 5.91 Å². The minimum absolute atomic E-state index is 0.0613. The lowest BCUT2D eigenvalue weighted by molar-refractivity contribution is -0.129. The summed E-state index contributed by atoms with van der Waals surface area (Å²) in [5.74, 6) is 0.848. The molecule has 1 amide bonds. The van der Waals surface area contributed by atoms with Gasteiger partial charge in [-0.25, -0.2) is 4.39 Å². The Balaban J connectivity index is 1.47. The van der Waals surface area contributed by atoms with Gasteiger partial charge in [0.1, 0.15) is 18.2 Å². The first-order valence-corrected chi connectivity index (χ1v) is 10.4. The molecule has 2 aromatic carbocycles. The van der Waals surface area contributed by atoms with Crippen LogP contribution < -0.4 is 10.1 Å². The molecule has 2 aromatic rings. The molecule has 1 atom stereocenters. The third kappa shape index (κ3) is 4.77. The molecule has 0 radical (unpaired) electrons. The Morgan fingerprint density at radius 1 is 1.10 bits per heavy atom. The number of carbonyl (C=O) groups is 1. The van der Waals surface area contributed by atoms with Crippen molar-refractivity contribution < 1.29 is 13.9 Å². The number of amides is 1. The molecule has 1 saturated heterocycles. The Morgan fingerprint density at radius 2 is 1.90 bits per heavy atom. The van der Waals surface area contributed by atoms with E-state index in [1.807, 2.05) is 12.1 Å². The highest BCUT2D eigenvalue weighted by Crippen LogP contribution is 2.26. The zero-order chi connectivity index (χ0) is 20.2. The summed E-state index contributed by atoms with van der Waals surface area (Å²) in [5, 5.41) is 2.96. The zero-order valence-corrected chi connectivity index (χ0v) is 16.9. The van der Waals surface area contributed by atoms with Crippen LogP contribution in [0.4, 0.5) is 4.39 Å². The summed E-state index contributed by atoms with van der Waals surface area (Å²) >= 11 is 0. The van der Waals surface area contributed by atoms with Crippen molar-refractivity contribution in [1.29, 1.82) is 0 Å². The van der Waals surface area contributed by atoms with Crippen LogP contribution in [0.3, 0.4) is 0 Å². The number of rotatable bonds is 5. The first kappa shape index (κ1) is 19.9. The fraction of sp³-hybridized carbons (Fsp3) is 0.435. The SMILES string of the molecule is CCC1C(=O)NCCN1Cc1ccc2c(c1)CN(Cc1ccc(F)cc1)CCO2. The van der Waals surface area contributed by atoms with Crippen molar-refractivity contribution in [2.45, 2.75) is 39.0 Å². The van der Waals surface area contributed by atoms with Gasteiger partial charge in [-0.3, -0.25) is 14.6 Å². The standard InChI is InChI=1S/C23H28FN3O2/c1-2-21-23(28)25-9-10-27(21)15-18-5-8-22-19(13-18)16-26(11-12-29-22)14-17-3-6-20(24)7-4-17/h3-8,13,21H,2,9-12,14-16H2,1H3,(H,25,28). The van der Waals surface area contributed by atoms with Crippen LogP contribution >= 0.6 is 0 Å². The topological polar surface area (TPSA) is 44.8 Å². The van der Waals surface area contributed by atoms with Gasteiger partial charge in [-0.15, -0.1) is 0 Å². The van der Waals surface area contributed by atoms with E-state index in [1.165, 1.54) is 17.7 Å². The molecular weight excluding hydrogens is 369 g/mol. The average Bonchev–Trinajstić information content (AvgIpc) is 2.91. The van der Waals surface area contributed by atoms with E-state index in [9.17, 15) is 9.18 Å². The van der Waals surface area contributed by atoms with Crippen LogP contribution in [-0.2, 0) is 24.4 Å². The molecule has 0 aromatic heterocycles. The Bertz CT molecular complexity index is 856. The molecule has 0 aliphatic carbocycles. The Hall–Kier alpha value is -2.44. The molecule has 2 heterocycles. The number of benzene rings is 2. The maximum Gasteiger partial charge on any atom is 0.237 e. The summed E-state index contributed by atoms with van der Waals surface area (Å²) in [7, 11) is 0. The molecule has 154 valence electrons. The second-order valence-corrected chi connectivity index (χ2v) is 7.81. The van der Waals surface area contributed by atoms with E-state index in [0.717, 1.165) is 56.0 Å². The summed E-state index contributed by atoms with van der Waals surface area (Å²) in [6, 6.07) is 13.0. The lowest BCUT2D eigenvalue weighted by Gasteiger charge is -2.34.